The van der Waals surface area contributed by atoms with Crippen LogP contribution in [0, 0.1) is 6.92 Å². The molecule has 0 spiro atoms. The standard InChI is InChI=1S/C11H17N3O3S2/c1-3-14(8-4-5-19(16,17)6-8)10(15)9-7(2)13-11(12)18-9/h8H,3-6H2,1-2H3,(H2,12,13). The van der Waals surface area contributed by atoms with Gasteiger partial charge in [-0.3, -0.25) is 4.79 Å². The first-order chi connectivity index (χ1) is 8.84. The highest BCUT2D eigenvalue weighted by molar-refractivity contribution is 7.91. The molecule has 1 unspecified atom stereocenters. The second kappa shape index (κ2) is 5.09. The maximum atomic E-state index is 12.5. The van der Waals surface area contributed by atoms with Crippen LogP contribution in [0.4, 0.5) is 5.13 Å². The molecule has 0 radical (unpaired) electrons. The number of nitrogens with zero attached hydrogens (tertiary/aromatic N) is 2. The fraction of sp³-hybridized carbons (Fsp3) is 0.636. The van der Waals surface area contributed by atoms with E-state index in [4.69, 9.17) is 5.73 Å². The zero-order valence-corrected chi connectivity index (χ0v) is 12.6. The molecular formula is C11H17N3O3S2. The van der Waals surface area contributed by atoms with Crippen LogP contribution in [0.5, 0.6) is 0 Å². The largest absolute Gasteiger partial charge is 0.375 e. The number of anilines is 1. The topological polar surface area (TPSA) is 93.4 Å². The molecule has 0 aliphatic carbocycles. The van der Waals surface area contributed by atoms with Crippen molar-refractivity contribution in [2.75, 3.05) is 23.8 Å². The number of aromatic nitrogens is 1. The molecule has 2 heterocycles. The Morgan fingerprint density at radius 3 is 2.68 bits per heavy atom. The molecule has 1 aromatic heterocycles. The van der Waals surface area contributed by atoms with Crippen molar-refractivity contribution in [3.63, 3.8) is 0 Å². The number of carbonyl (C=O) groups excluding carboxylic acids is 1. The molecule has 2 rings (SSSR count). The maximum absolute atomic E-state index is 12.5. The van der Waals surface area contributed by atoms with Gasteiger partial charge in [0.15, 0.2) is 15.0 Å². The molecule has 1 aliphatic rings. The molecule has 1 aliphatic heterocycles. The molecule has 1 amide bonds. The van der Waals surface area contributed by atoms with Gasteiger partial charge in [-0.25, -0.2) is 13.4 Å². The Bertz CT molecular complexity index is 594. The third kappa shape index (κ3) is 2.89. The van der Waals surface area contributed by atoms with Gasteiger partial charge in [0.1, 0.15) is 4.88 Å². The number of nitrogens with two attached hydrogens (primary N) is 1. The highest BCUT2D eigenvalue weighted by Gasteiger charge is 2.35. The summed E-state index contributed by atoms with van der Waals surface area (Å²) >= 11 is 1.15. The second-order valence-electron chi connectivity index (χ2n) is 4.61. The summed E-state index contributed by atoms with van der Waals surface area (Å²) < 4.78 is 23.0. The molecule has 1 atom stereocenters. The van der Waals surface area contributed by atoms with Crippen LogP contribution in [0.15, 0.2) is 0 Å². The second-order valence-corrected chi connectivity index (χ2v) is 7.87. The van der Waals surface area contributed by atoms with E-state index < -0.39 is 9.84 Å². The number of nitrogen functional groups attached to an aromatic ring is 1. The van der Waals surface area contributed by atoms with E-state index in [-0.39, 0.29) is 23.5 Å². The third-order valence-corrected chi connectivity index (χ3v) is 5.98. The Labute approximate surface area is 116 Å². The summed E-state index contributed by atoms with van der Waals surface area (Å²) in [6.45, 7) is 4.07. The van der Waals surface area contributed by atoms with Gasteiger partial charge in [-0.05, 0) is 20.3 Å². The van der Waals surface area contributed by atoms with Crippen LogP contribution in [-0.2, 0) is 9.84 Å². The van der Waals surface area contributed by atoms with Crippen LogP contribution >= 0.6 is 11.3 Å². The fourth-order valence-electron chi connectivity index (χ4n) is 2.33. The van der Waals surface area contributed by atoms with E-state index >= 15 is 0 Å². The zero-order valence-electron chi connectivity index (χ0n) is 10.9. The molecule has 106 valence electrons. The summed E-state index contributed by atoms with van der Waals surface area (Å²) in [7, 11) is -3.00. The molecule has 0 aromatic carbocycles. The van der Waals surface area contributed by atoms with Crippen LogP contribution in [0.2, 0.25) is 0 Å². The van der Waals surface area contributed by atoms with Crippen molar-refractivity contribution in [1.82, 2.24) is 9.88 Å². The number of aryl methyl sites for hydroxylation is 1. The lowest BCUT2D eigenvalue weighted by Crippen LogP contribution is -2.40. The first-order valence-corrected chi connectivity index (χ1v) is 8.72. The minimum atomic E-state index is -3.00. The summed E-state index contributed by atoms with van der Waals surface area (Å²) in [5, 5.41) is 0.357. The average Bonchev–Trinajstić information content (AvgIpc) is 2.82. The number of hydrogen-bond acceptors (Lipinski definition) is 6. The molecular weight excluding hydrogens is 286 g/mol. The van der Waals surface area contributed by atoms with E-state index in [1.54, 1.807) is 11.8 Å². The number of rotatable bonds is 3. The lowest BCUT2D eigenvalue weighted by atomic mass is 10.2. The monoisotopic (exact) mass is 303 g/mol. The van der Waals surface area contributed by atoms with Gasteiger partial charge in [0.2, 0.25) is 0 Å². The quantitative estimate of drug-likeness (QED) is 0.886. The number of amides is 1. The number of sulfone groups is 1. The first kappa shape index (κ1) is 14.3. The van der Waals surface area contributed by atoms with Gasteiger partial charge in [-0.15, -0.1) is 0 Å². The average molecular weight is 303 g/mol. The van der Waals surface area contributed by atoms with E-state index in [0.717, 1.165) is 11.3 Å². The van der Waals surface area contributed by atoms with Crippen LogP contribution < -0.4 is 5.73 Å². The van der Waals surface area contributed by atoms with Crippen molar-refractivity contribution in [1.29, 1.82) is 0 Å². The van der Waals surface area contributed by atoms with Crippen LogP contribution in [0.25, 0.3) is 0 Å². The molecule has 0 saturated carbocycles. The Hall–Kier alpha value is -1.15. The summed E-state index contributed by atoms with van der Waals surface area (Å²) in [5.41, 5.74) is 6.20. The lowest BCUT2D eigenvalue weighted by molar-refractivity contribution is 0.0712. The minimum Gasteiger partial charge on any atom is -0.375 e. The Balaban J connectivity index is 2.23. The molecule has 6 nitrogen and oxygen atoms in total. The third-order valence-electron chi connectivity index (χ3n) is 3.26. The first-order valence-electron chi connectivity index (χ1n) is 6.08. The van der Waals surface area contributed by atoms with E-state index in [0.29, 0.717) is 28.7 Å². The normalized spacial score (nSPS) is 21.5. The van der Waals surface area contributed by atoms with Gasteiger partial charge in [0.05, 0.1) is 17.2 Å². The highest BCUT2D eigenvalue weighted by atomic mass is 32.2. The van der Waals surface area contributed by atoms with E-state index in [1.807, 2.05) is 6.92 Å². The van der Waals surface area contributed by atoms with Crippen LogP contribution in [0.1, 0.15) is 28.7 Å². The smallest absolute Gasteiger partial charge is 0.266 e. The van der Waals surface area contributed by atoms with Gasteiger partial charge < -0.3 is 10.6 Å². The zero-order chi connectivity index (χ0) is 14.2. The molecule has 8 heteroatoms. The summed E-state index contributed by atoms with van der Waals surface area (Å²) in [6.07, 6.45) is 0.509. The van der Waals surface area contributed by atoms with E-state index in [2.05, 4.69) is 4.98 Å². The van der Waals surface area contributed by atoms with Gasteiger partial charge in [-0.2, -0.15) is 0 Å². The van der Waals surface area contributed by atoms with Crippen molar-refractivity contribution < 1.29 is 13.2 Å². The van der Waals surface area contributed by atoms with Crippen molar-refractivity contribution in [3.8, 4) is 0 Å². The van der Waals surface area contributed by atoms with Crippen molar-refractivity contribution in [2.24, 2.45) is 0 Å². The molecule has 2 N–H and O–H groups in total. The van der Waals surface area contributed by atoms with Crippen molar-refractivity contribution in [2.45, 2.75) is 26.3 Å². The van der Waals surface area contributed by atoms with Crippen LogP contribution in [-0.4, -0.2) is 48.3 Å². The number of thiazole rings is 1. The highest BCUT2D eigenvalue weighted by Crippen LogP contribution is 2.25. The SMILES string of the molecule is CCN(C(=O)c1sc(N)nc1C)C1CCS(=O)(=O)C1. The molecule has 0 bridgehead atoms. The Morgan fingerprint density at radius 2 is 2.26 bits per heavy atom. The van der Waals surface area contributed by atoms with Gasteiger partial charge in [-0.1, -0.05) is 11.3 Å². The van der Waals surface area contributed by atoms with Gasteiger partial charge in [0, 0.05) is 12.6 Å². The summed E-state index contributed by atoms with van der Waals surface area (Å²) in [5.74, 6) is 0.0434. The van der Waals surface area contributed by atoms with Gasteiger partial charge in [0.25, 0.3) is 5.91 Å². The fourth-order valence-corrected chi connectivity index (χ4v) is 4.86. The Kier molecular flexibility index (Phi) is 3.82. The predicted molar refractivity (Wildman–Crippen MR) is 75.0 cm³/mol. The number of carbonyl (C=O) groups is 1. The lowest BCUT2D eigenvalue weighted by Gasteiger charge is -2.26. The van der Waals surface area contributed by atoms with E-state index in [1.165, 1.54) is 0 Å². The van der Waals surface area contributed by atoms with Crippen molar-refractivity contribution >= 4 is 32.2 Å². The molecule has 1 fully saturated rings. The number of hydrogen-bond donors (Lipinski definition) is 1. The Morgan fingerprint density at radius 1 is 1.58 bits per heavy atom. The van der Waals surface area contributed by atoms with Crippen molar-refractivity contribution in [3.05, 3.63) is 10.6 Å². The molecule has 1 saturated heterocycles. The van der Waals surface area contributed by atoms with Crippen LogP contribution in [0.3, 0.4) is 0 Å². The maximum Gasteiger partial charge on any atom is 0.266 e. The van der Waals surface area contributed by atoms with Gasteiger partial charge >= 0.3 is 0 Å². The molecule has 1 aromatic rings. The van der Waals surface area contributed by atoms with E-state index in [9.17, 15) is 13.2 Å². The predicted octanol–water partition coefficient (Wildman–Crippen LogP) is 0.683. The summed E-state index contributed by atoms with van der Waals surface area (Å²) in [6, 6.07) is -0.231. The minimum absolute atomic E-state index is 0.0555. The molecule has 19 heavy (non-hydrogen) atoms. The summed E-state index contributed by atoms with van der Waals surface area (Å²) in [4.78, 5) is 18.6.